The van der Waals surface area contributed by atoms with Crippen LogP contribution in [0.3, 0.4) is 0 Å². The summed E-state index contributed by atoms with van der Waals surface area (Å²) in [6, 6.07) is 5.14. The molecule has 0 saturated carbocycles. The van der Waals surface area contributed by atoms with Crippen molar-refractivity contribution in [1.82, 2.24) is 14.8 Å². The smallest absolute Gasteiger partial charge is 0.125 e. The molecule has 0 unspecified atom stereocenters. The van der Waals surface area contributed by atoms with E-state index < -0.39 is 0 Å². The van der Waals surface area contributed by atoms with Gasteiger partial charge in [0, 0.05) is 44.3 Å². The van der Waals surface area contributed by atoms with Gasteiger partial charge in [-0.25, -0.2) is 4.39 Å². The lowest BCUT2D eigenvalue weighted by Crippen LogP contribution is -2.43. The summed E-state index contributed by atoms with van der Waals surface area (Å²) in [7, 11) is 2.02. The van der Waals surface area contributed by atoms with Crippen LogP contribution in [0.25, 0.3) is 10.9 Å². The van der Waals surface area contributed by atoms with E-state index in [4.69, 9.17) is 0 Å². The Morgan fingerprint density at radius 3 is 2.76 bits per heavy atom. The first-order valence-electron chi connectivity index (χ1n) is 7.83. The molecule has 21 heavy (non-hydrogen) atoms. The number of nitrogens with one attached hydrogen (secondary N) is 1. The van der Waals surface area contributed by atoms with Gasteiger partial charge in [0.05, 0.1) is 5.52 Å². The lowest BCUT2D eigenvalue weighted by Gasteiger charge is -2.27. The average molecular weight is 289 g/mol. The summed E-state index contributed by atoms with van der Waals surface area (Å²) in [4.78, 5) is 2.52. The Morgan fingerprint density at radius 1 is 1.24 bits per heavy atom. The van der Waals surface area contributed by atoms with Crippen molar-refractivity contribution in [3.05, 3.63) is 35.3 Å². The van der Waals surface area contributed by atoms with Crippen molar-refractivity contribution in [3.63, 3.8) is 0 Å². The molecule has 1 saturated heterocycles. The predicted molar refractivity (Wildman–Crippen MR) is 85.2 cm³/mol. The third-order valence-corrected chi connectivity index (χ3v) is 4.70. The van der Waals surface area contributed by atoms with Crippen LogP contribution in [0.4, 0.5) is 4.39 Å². The molecule has 114 valence electrons. The minimum absolute atomic E-state index is 0.157. The monoisotopic (exact) mass is 289 g/mol. The maximum absolute atomic E-state index is 13.4. The maximum atomic E-state index is 13.4. The van der Waals surface area contributed by atoms with Gasteiger partial charge in [0.1, 0.15) is 5.82 Å². The summed E-state index contributed by atoms with van der Waals surface area (Å²) < 4.78 is 15.5. The summed E-state index contributed by atoms with van der Waals surface area (Å²) in [6.07, 6.45) is 2.23. The number of aromatic nitrogens is 1. The molecule has 0 spiro atoms. The molecule has 3 rings (SSSR count). The number of rotatable bonds is 4. The van der Waals surface area contributed by atoms with Gasteiger partial charge >= 0.3 is 0 Å². The second-order valence-electron chi connectivity index (χ2n) is 5.98. The van der Waals surface area contributed by atoms with E-state index in [1.54, 1.807) is 12.1 Å². The first-order valence-corrected chi connectivity index (χ1v) is 7.83. The molecule has 0 amide bonds. The Morgan fingerprint density at radius 2 is 2.00 bits per heavy atom. The quantitative estimate of drug-likeness (QED) is 0.933. The van der Waals surface area contributed by atoms with E-state index in [1.807, 2.05) is 13.1 Å². The molecule has 0 radical (unpaired) electrons. The molecule has 2 aromatic rings. The van der Waals surface area contributed by atoms with Gasteiger partial charge in [-0.1, -0.05) is 0 Å². The third kappa shape index (κ3) is 2.97. The number of halogens is 1. The molecule has 1 aromatic heterocycles. The molecule has 1 aliphatic rings. The van der Waals surface area contributed by atoms with E-state index in [0.29, 0.717) is 0 Å². The Bertz CT molecular complexity index is 626. The number of hydrogen-bond donors (Lipinski definition) is 1. The molecule has 1 aliphatic heterocycles. The number of fused-ring (bicyclic) bond motifs is 1. The second kappa shape index (κ2) is 6.16. The van der Waals surface area contributed by atoms with Gasteiger partial charge in [0.15, 0.2) is 0 Å². The topological polar surface area (TPSA) is 20.2 Å². The Labute approximate surface area is 125 Å². The molecule has 1 N–H and O–H groups in total. The van der Waals surface area contributed by atoms with Crippen LogP contribution in [0.5, 0.6) is 0 Å². The standard InChI is InChI=1S/C17H24FN3/c1-13-15(4-3-9-21-10-7-19-8-11-21)16-6-5-14(18)12-17(16)20(13)2/h5-6,12,19H,3-4,7-11H2,1-2H3. The van der Waals surface area contributed by atoms with E-state index >= 15 is 0 Å². The van der Waals surface area contributed by atoms with Crippen molar-refractivity contribution in [2.24, 2.45) is 7.05 Å². The van der Waals surface area contributed by atoms with Crippen LogP contribution < -0.4 is 5.32 Å². The maximum Gasteiger partial charge on any atom is 0.125 e. The number of aryl methyl sites for hydroxylation is 2. The summed E-state index contributed by atoms with van der Waals surface area (Å²) >= 11 is 0. The predicted octanol–water partition coefficient (Wildman–Crippen LogP) is 2.46. The van der Waals surface area contributed by atoms with Gasteiger partial charge in [-0.15, -0.1) is 0 Å². The highest BCUT2D eigenvalue weighted by Crippen LogP contribution is 2.26. The van der Waals surface area contributed by atoms with Gasteiger partial charge in [-0.3, -0.25) is 0 Å². The molecule has 0 bridgehead atoms. The van der Waals surface area contributed by atoms with Crippen LogP contribution in [-0.4, -0.2) is 42.2 Å². The summed E-state index contributed by atoms with van der Waals surface area (Å²) in [5, 5.41) is 4.59. The van der Waals surface area contributed by atoms with E-state index in [-0.39, 0.29) is 5.82 Å². The molecule has 1 fully saturated rings. The van der Waals surface area contributed by atoms with E-state index in [1.165, 1.54) is 16.6 Å². The molecule has 2 heterocycles. The van der Waals surface area contributed by atoms with Crippen molar-refractivity contribution >= 4 is 10.9 Å². The average Bonchev–Trinajstić information content (AvgIpc) is 2.73. The lowest BCUT2D eigenvalue weighted by atomic mass is 10.1. The minimum atomic E-state index is -0.157. The molecule has 4 heteroatoms. The zero-order valence-electron chi connectivity index (χ0n) is 13.0. The van der Waals surface area contributed by atoms with Crippen LogP contribution in [0, 0.1) is 12.7 Å². The molecule has 0 atom stereocenters. The zero-order valence-corrected chi connectivity index (χ0v) is 13.0. The van der Waals surface area contributed by atoms with Gasteiger partial charge in [-0.2, -0.15) is 0 Å². The van der Waals surface area contributed by atoms with Crippen LogP contribution in [0.15, 0.2) is 18.2 Å². The molecule has 0 aliphatic carbocycles. The van der Waals surface area contributed by atoms with E-state index in [2.05, 4.69) is 21.7 Å². The van der Waals surface area contributed by atoms with E-state index in [0.717, 1.165) is 51.1 Å². The fourth-order valence-electron chi connectivity index (χ4n) is 3.35. The molecular weight excluding hydrogens is 265 g/mol. The second-order valence-corrected chi connectivity index (χ2v) is 5.98. The number of hydrogen-bond acceptors (Lipinski definition) is 2. The first kappa shape index (κ1) is 14.5. The van der Waals surface area contributed by atoms with Gasteiger partial charge in [0.25, 0.3) is 0 Å². The Hall–Kier alpha value is -1.39. The zero-order chi connectivity index (χ0) is 14.8. The highest BCUT2D eigenvalue weighted by Gasteiger charge is 2.14. The summed E-state index contributed by atoms with van der Waals surface area (Å²) in [5.41, 5.74) is 3.64. The van der Waals surface area contributed by atoms with Gasteiger partial charge < -0.3 is 14.8 Å². The van der Waals surface area contributed by atoms with Crippen LogP contribution in [-0.2, 0) is 13.5 Å². The van der Waals surface area contributed by atoms with Crippen molar-refractivity contribution in [3.8, 4) is 0 Å². The summed E-state index contributed by atoms with van der Waals surface area (Å²) in [5.74, 6) is -0.157. The SMILES string of the molecule is Cc1c(CCCN2CCNCC2)c2ccc(F)cc2n1C. The van der Waals surface area contributed by atoms with Gasteiger partial charge in [0.2, 0.25) is 0 Å². The Kier molecular flexibility index (Phi) is 4.27. The number of benzene rings is 1. The van der Waals surface area contributed by atoms with Crippen LogP contribution >= 0.6 is 0 Å². The normalized spacial score (nSPS) is 16.7. The minimum Gasteiger partial charge on any atom is -0.348 e. The van der Waals surface area contributed by atoms with Crippen molar-refractivity contribution in [1.29, 1.82) is 0 Å². The lowest BCUT2D eigenvalue weighted by molar-refractivity contribution is 0.238. The van der Waals surface area contributed by atoms with E-state index in [9.17, 15) is 4.39 Å². The first-order chi connectivity index (χ1) is 10.2. The van der Waals surface area contributed by atoms with Crippen molar-refractivity contribution in [2.45, 2.75) is 19.8 Å². The fourth-order valence-corrected chi connectivity index (χ4v) is 3.35. The van der Waals surface area contributed by atoms with Crippen molar-refractivity contribution in [2.75, 3.05) is 32.7 Å². The summed E-state index contributed by atoms with van der Waals surface area (Å²) in [6.45, 7) is 7.80. The number of piperazine rings is 1. The largest absolute Gasteiger partial charge is 0.348 e. The third-order valence-electron chi connectivity index (χ3n) is 4.70. The van der Waals surface area contributed by atoms with Crippen molar-refractivity contribution < 1.29 is 4.39 Å². The van der Waals surface area contributed by atoms with Crippen LogP contribution in [0.2, 0.25) is 0 Å². The molecule has 3 nitrogen and oxygen atoms in total. The van der Waals surface area contributed by atoms with Crippen LogP contribution in [0.1, 0.15) is 17.7 Å². The molecule has 1 aromatic carbocycles. The van der Waals surface area contributed by atoms with Gasteiger partial charge in [-0.05, 0) is 50.1 Å². The highest BCUT2D eigenvalue weighted by molar-refractivity contribution is 5.85. The Balaban J connectivity index is 1.73. The number of nitrogens with zero attached hydrogens (tertiary/aromatic N) is 2. The molecular formula is C17H24FN3. The fraction of sp³-hybridized carbons (Fsp3) is 0.529. The highest BCUT2D eigenvalue weighted by atomic mass is 19.1.